The molecule has 0 radical (unpaired) electrons. The van der Waals surface area contributed by atoms with E-state index < -0.39 is 0 Å². The molecule has 2 heteroatoms. The smallest absolute Gasteiger partial charge is 0.124 e. The summed E-state index contributed by atoms with van der Waals surface area (Å²) >= 11 is 0. The summed E-state index contributed by atoms with van der Waals surface area (Å²) < 4.78 is 5.91. The van der Waals surface area contributed by atoms with Crippen molar-refractivity contribution in [2.75, 3.05) is 13.2 Å². The molecule has 1 aromatic carbocycles. The van der Waals surface area contributed by atoms with Crippen LogP contribution in [0.5, 0.6) is 5.75 Å². The molecule has 0 heterocycles. The molecular weight excluding hydrogens is 246 g/mol. The maximum Gasteiger partial charge on any atom is 0.124 e. The van der Waals surface area contributed by atoms with Crippen LogP contribution >= 0.6 is 0 Å². The maximum absolute atomic E-state index is 5.91. The number of hydrogen-bond acceptors (Lipinski definition) is 2. The Bertz CT molecular complexity index is 362. The van der Waals surface area contributed by atoms with Gasteiger partial charge in [-0.15, -0.1) is 0 Å². The first-order chi connectivity index (χ1) is 9.69. The zero-order chi connectivity index (χ0) is 14.8. The van der Waals surface area contributed by atoms with E-state index >= 15 is 0 Å². The van der Waals surface area contributed by atoms with Gasteiger partial charge in [-0.25, -0.2) is 0 Å². The molecule has 1 atom stereocenters. The van der Waals surface area contributed by atoms with E-state index in [0.29, 0.717) is 6.04 Å². The van der Waals surface area contributed by atoms with Gasteiger partial charge in [0.05, 0.1) is 6.61 Å². The van der Waals surface area contributed by atoms with Gasteiger partial charge in [0.15, 0.2) is 0 Å². The zero-order valence-corrected chi connectivity index (χ0v) is 13.6. The van der Waals surface area contributed by atoms with E-state index in [1.165, 1.54) is 18.4 Å². The first kappa shape index (κ1) is 17.0. The summed E-state index contributed by atoms with van der Waals surface area (Å²) in [6, 6.07) is 8.89. The Morgan fingerprint density at radius 1 is 1.05 bits per heavy atom. The second-order valence-electron chi connectivity index (χ2n) is 5.86. The summed E-state index contributed by atoms with van der Waals surface area (Å²) in [6.45, 7) is 10.8. The molecule has 20 heavy (non-hydrogen) atoms. The molecule has 0 saturated carbocycles. The summed E-state index contributed by atoms with van der Waals surface area (Å²) in [4.78, 5) is 0. The minimum absolute atomic E-state index is 0.408. The molecule has 0 bridgehead atoms. The molecule has 1 rings (SSSR count). The van der Waals surface area contributed by atoms with Crippen LogP contribution in [0.15, 0.2) is 24.3 Å². The van der Waals surface area contributed by atoms with Gasteiger partial charge in [-0.3, -0.25) is 0 Å². The first-order valence-electron chi connectivity index (χ1n) is 8.14. The molecular formula is C18H31NO. The van der Waals surface area contributed by atoms with Gasteiger partial charge in [0, 0.05) is 11.6 Å². The Kier molecular flexibility index (Phi) is 8.36. The third-order valence-electron chi connectivity index (χ3n) is 3.43. The van der Waals surface area contributed by atoms with E-state index in [1.54, 1.807) is 0 Å². The van der Waals surface area contributed by atoms with Crippen LogP contribution in [-0.4, -0.2) is 13.2 Å². The van der Waals surface area contributed by atoms with Crippen molar-refractivity contribution in [2.24, 2.45) is 5.92 Å². The van der Waals surface area contributed by atoms with E-state index in [0.717, 1.165) is 37.7 Å². The Labute approximate surface area is 124 Å². The Hall–Kier alpha value is -1.02. The molecule has 0 aromatic heterocycles. The molecule has 114 valence electrons. The molecule has 2 nitrogen and oxygen atoms in total. The third-order valence-corrected chi connectivity index (χ3v) is 3.43. The quantitative estimate of drug-likeness (QED) is 0.653. The van der Waals surface area contributed by atoms with E-state index in [-0.39, 0.29) is 0 Å². The van der Waals surface area contributed by atoms with Crippen molar-refractivity contribution in [1.82, 2.24) is 5.32 Å². The molecule has 0 aliphatic heterocycles. The largest absolute Gasteiger partial charge is 0.493 e. The van der Waals surface area contributed by atoms with Crippen LogP contribution < -0.4 is 10.1 Å². The second-order valence-corrected chi connectivity index (χ2v) is 5.86. The molecule has 0 spiro atoms. The van der Waals surface area contributed by atoms with Crippen molar-refractivity contribution in [3.05, 3.63) is 29.8 Å². The number of ether oxygens (including phenoxy) is 1. The van der Waals surface area contributed by atoms with Crippen molar-refractivity contribution < 1.29 is 4.74 Å². The zero-order valence-electron chi connectivity index (χ0n) is 13.6. The topological polar surface area (TPSA) is 21.3 Å². The molecule has 1 unspecified atom stereocenters. The van der Waals surface area contributed by atoms with E-state index in [2.05, 4.69) is 57.3 Å². The monoisotopic (exact) mass is 277 g/mol. The van der Waals surface area contributed by atoms with E-state index in [1.807, 2.05) is 0 Å². The SMILES string of the molecule is CCCNC(CCC(C)C)c1ccccc1OCCC. The lowest BCUT2D eigenvalue weighted by molar-refractivity contribution is 0.307. The minimum atomic E-state index is 0.408. The summed E-state index contributed by atoms with van der Waals surface area (Å²) in [6.07, 6.45) is 4.62. The third kappa shape index (κ3) is 5.96. The summed E-state index contributed by atoms with van der Waals surface area (Å²) in [5.41, 5.74) is 1.31. The lowest BCUT2D eigenvalue weighted by Crippen LogP contribution is -2.23. The van der Waals surface area contributed by atoms with Gasteiger partial charge in [0.1, 0.15) is 5.75 Å². The lowest BCUT2D eigenvalue weighted by atomic mass is 9.96. The van der Waals surface area contributed by atoms with Gasteiger partial charge in [0.2, 0.25) is 0 Å². The molecule has 0 aliphatic rings. The molecule has 0 amide bonds. The van der Waals surface area contributed by atoms with Gasteiger partial charge in [-0.05, 0) is 44.2 Å². The minimum Gasteiger partial charge on any atom is -0.493 e. The summed E-state index contributed by atoms with van der Waals surface area (Å²) in [7, 11) is 0. The van der Waals surface area contributed by atoms with E-state index in [9.17, 15) is 0 Å². The molecule has 1 N–H and O–H groups in total. The molecule has 1 aromatic rings. The van der Waals surface area contributed by atoms with Gasteiger partial charge >= 0.3 is 0 Å². The number of rotatable bonds is 10. The van der Waals surface area contributed by atoms with Gasteiger partial charge in [0.25, 0.3) is 0 Å². The summed E-state index contributed by atoms with van der Waals surface area (Å²) in [5.74, 6) is 1.79. The molecule has 0 aliphatic carbocycles. The van der Waals surface area contributed by atoms with Crippen LogP contribution in [0.3, 0.4) is 0 Å². The second kappa shape index (κ2) is 9.82. The Balaban J connectivity index is 2.81. The number of para-hydroxylation sites is 1. The highest BCUT2D eigenvalue weighted by molar-refractivity contribution is 5.36. The highest BCUT2D eigenvalue weighted by Crippen LogP contribution is 2.29. The highest BCUT2D eigenvalue weighted by atomic mass is 16.5. The summed E-state index contributed by atoms with van der Waals surface area (Å²) in [5, 5.41) is 3.68. The fourth-order valence-corrected chi connectivity index (χ4v) is 2.30. The number of nitrogens with one attached hydrogen (secondary N) is 1. The normalized spacial score (nSPS) is 12.7. The van der Waals surface area contributed by atoms with Crippen molar-refractivity contribution in [1.29, 1.82) is 0 Å². The van der Waals surface area contributed by atoms with Crippen LogP contribution in [0.1, 0.15) is 65.0 Å². The highest BCUT2D eigenvalue weighted by Gasteiger charge is 2.15. The first-order valence-corrected chi connectivity index (χ1v) is 8.14. The standard InChI is InChI=1S/C18H31NO/c1-5-13-19-17(12-11-15(3)4)16-9-7-8-10-18(16)20-14-6-2/h7-10,15,17,19H,5-6,11-14H2,1-4H3. The average molecular weight is 277 g/mol. The predicted molar refractivity (Wildman–Crippen MR) is 87.3 cm³/mol. The fraction of sp³-hybridized carbons (Fsp3) is 0.667. The maximum atomic E-state index is 5.91. The van der Waals surface area contributed by atoms with Crippen LogP contribution in [0.4, 0.5) is 0 Å². The number of benzene rings is 1. The molecule has 0 saturated heterocycles. The van der Waals surface area contributed by atoms with Crippen LogP contribution in [0.2, 0.25) is 0 Å². The van der Waals surface area contributed by atoms with Crippen LogP contribution in [0, 0.1) is 5.92 Å². The van der Waals surface area contributed by atoms with Gasteiger partial charge in [-0.1, -0.05) is 45.9 Å². The van der Waals surface area contributed by atoms with Gasteiger partial charge in [-0.2, -0.15) is 0 Å². The van der Waals surface area contributed by atoms with Gasteiger partial charge < -0.3 is 10.1 Å². The predicted octanol–water partition coefficient (Wildman–Crippen LogP) is 4.95. The fourth-order valence-electron chi connectivity index (χ4n) is 2.30. The average Bonchev–Trinajstić information content (AvgIpc) is 2.45. The van der Waals surface area contributed by atoms with Crippen molar-refractivity contribution >= 4 is 0 Å². The van der Waals surface area contributed by atoms with Crippen LogP contribution in [0.25, 0.3) is 0 Å². The van der Waals surface area contributed by atoms with Crippen molar-refractivity contribution in [3.8, 4) is 5.75 Å². The lowest BCUT2D eigenvalue weighted by Gasteiger charge is -2.22. The van der Waals surface area contributed by atoms with Crippen molar-refractivity contribution in [3.63, 3.8) is 0 Å². The van der Waals surface area contributed by atoms with Crippen LogP contribution in [-0.2, 0) is 0 Å². The Morgan fingerprint density at radius 2 is 1.80 bits per heavy atom. The van der Waals surface area contributed by atoms with E-state index in [4.69, 9.17) is 4.74 Å². The van der Waals surface area contributed by atoms with Crippen molar-refractivity contribution in [2.45, 2.75) is 59.4 Å². The number of hydrogen-bond donors (Lipinski definition) is 1. The Morgan fingerprint density at radius 3 is 2.45 bits per heavy atom. The molecule has 0 fully saturated rings.